The maximum Gasteiger partial charge on any atom is 0.250 e. The molecule has 0 radical (unpaired) electrons. The lowest BCUT2D eigenvalue weighted by Gasteiger charge is -2.04. The summed E-state index contributed by atoms with van der Waals surface area (Å²) in [6, 6.07) is 5.54. The van der Waals surface area contributed by atoms with Gasteiger partial charge in [0.05, 0.1) is 7.11 Å². The van der Waals surface area contributed by atoms with Crippen molar-refractivity contribution in [3.05, 3.63) is 46.5 Å². The Hall–Kier alpha value is -2.10. The fraction of sp³-hybridized carbons (Fsp3) is 0.167. The van der Waals surface area contributed by atoms with Crippen LogP contribution < -0.4 is 10.3 Å². The van der Waals surface area contributed by atoms with Crippen molar-refractivity contribution in [3.63, 3.8) is 0 Å². The molecule has 16 heavy (non-hydrogen) atoms. The van der Waals surface area contributed by atoms with Gasteiger partial charge in [-0.25, -0.2) is 4.98 Å². The first kappa shape index (κ1) is 10.4. The summed E-state index contributed by atoms with van der Waals surface area (Å²) in [5, 5.41) is 0. The van der Waals surface area contributed by atoms with Gasteiger partial charge in [-0.1, -0.05) is 0 Å². The largest absolute Gasteiger partial charge is 0.481 e. The topological polar surface area (TPSA) is 55.0 Å². The number of hydrogen-bond acceptors (Lipinski definition) is 3. The normalized spacial score (nSPS) is 10.1. The van der Waals surface area contributed by atoms with E-state index in [0.29, 0.717) is 11.4 Å². The summed E-state index contributed by atoms with van der Waals surface area (Å²) < 4.78 is 5.05. The van der Waals surface area contributed by atoms with Gasteiger partial charge in [0, 0.05) is 24.0 Å². The van der Waals surface area contributed by atoms with E-state index in [1.807, 2.05) is 18.2 Å². The SMILES string of the molecule is COc1cc(-c2c[nH]c(=O)c(C)c2)ccn1. The molecule has 2 aromatic rings. The molecular weight excluding hydrogens is 204 g/mol. The number of aryl methyl sites for hydroxylation is 1. The van der Waals surface area contributed by atoms with Crippen LogP contribution in [0.25, 0.3) is 11.1 Å². The van der Waals surface area contributed by atoms with E-state index < -0.39 is 0 Å². The standard InChI is InChI=1S/C12H12N2O2/c1-8-5-10(7-14-12(8)15)9-3-4-13-11(6-9)16-2/h3-7H,1-2H3,(H,14,15). The predicted molar refractivity (Wildman–Crippen MR) is 61.6 cm³/mol. The Morgan fingerprint density at radius 3 is 2.81 bits per heavy atom. The van der Waals surface area contributed by atoms with Gasteiger partial charge in [-0.2, -0.15) is 0 Å². The third kappa shape index (κ3) is 1.95. The first-order chi connectivity index (χ1) is 7.70. The van der Waals surface area contributed by atoms with Crippen molar-refractivity contribution in [2.24, 2.45) is 0 Å². The zero-order chi connectivity index (χ0) is 11.5. The third-order valence-corrected chi connectivity index (χ3v) is 2.37. The van der Waals surface area contributed by atoms with Crippen molar-refractivity contribution in [1.29, 1.82) is 0 Å². The van der Waals surface area contributed by atoms with Crippen LogP contribution in [-0.2, 0) is 0 Å². The summed E-state index contributed by atoms with van der Waals surface area (Å²) in [5.41, 5.74) is 2.53. The molecule has 1 N–H and O–H groups in total. The van der Waals surface area contributed by atoms with E-state index in [0.717, 1.165) is 11.1 Å². The second-order valence-electron chi connectivity index (χ2n) is 3.49. The minimum absolute atomic E-state index is 0.0650. The number of nitrogens with zero attached hydrogens (tertiary/aromatic N) is 1. The van der Waals surface area contributed by atoms with E-state index in [4.69, 9.17) is 4.74 Å². The van der Waals surface area contributed by atoms with Crippen LogP contribution in [0.5, 0.6) is 5.88 Å². The molecule has 82 valence electrons. The second kappa shape index (κ2) is 4.18. The number of ether oxygens (including phenoxy) is 1. The molecule has 4 heteroatoms. The summed E-state index contributed by atoms with van der Waals surface area (Å²) in [7, 11) is 1.57. The van der Waals surface area contributed by atoms with E-state index >= 15 is 0 Å². The molecular formula is C12H12N2O2. The molecule has 2 heterocycles. The second-order valence-corrected chi connectivity index (χ2v) is 3.49. The fourth-order valence-electron chi connectivity index (χ4n) is 1.46. The predicted octanol–water partition coefficient (Wildman–Crippen LogP) is 1.75. The first-order valence-corrected chi connectivity index (χ1v) is 4.90. The number of H-pyrrole nitrogens is 1. The molecule has 0 spiro atoms. The van der Waals surface area contributed by atoms with Crippen LogP contribution >= 0.6 is 0 Å². The zero-order valence-corrected chi connectivity index (χ0v) is 9.15. The van der Waals surface area contributed by atoms with Crippen LogP contribution in [0.2, 0.25) is 0 Å². The highest BCUT2D eigenvalue weighted by atomic mass is 16.5. The summed E-state index contributed by atoms with van der Waals surface area (Å²) in [5.74, 6) is 0.557. The number of aromatic nitrogens is 2. The van der Waals surface area contributed by atoms with E-state index in [1.54, 1.807) is 26.4 Å². The lowest BCUT2D eigenvalue weighted by molar-refractivity contribution is 0.398. The average molecular weight is 216 g/mol. The average Bonchev–Trinajstić information content (AvgIpc) is 2.33. The van der Waals surface area contributed by atoms with Crippen LogP contribution in [0.1, 0.15) is 5.56 Å². The summed E-state index contributed by atoms with van der Waals surface area (Å²) in [6.07, 6.45) is 3.36. The number of rotatable bonds is 2. The van der Waals surface area contributed by atoms with Gasteiger partial charge < -0.3 is 9.72 Å². The Morgan fingerprint density at radius 1 is 1.31 bits per heavy atom. The number of methoxy groups -OCH3 is 1. The van der Waals surface area contributed by atoms with Gasteiger partial charge in [0.15, 0.2) is 0 Å². The van der Waals surface area contributed by atoms with Gasteiger partial charge >= 0.3 is 0 Å². The lowest BCUT2D eigenvalue weighted by Crippen LogP contribution is -2.07. The van der Waals surface area contributed by atoms with E-state index in [-0.39, 0.29) is 5.56 Å². The monoisotopic (exact) mass is 216 g/mol. The number of pyridine rings is 2. The van der Waals surface area contributed by atoms with Crippen molar-refractivity contribution >= 4 is 0 Å². The fourth-order valence-corrected chi connectivity index (χ4v) is 1.46. The molecule has 0 saturated carbocycles. The Labute approximate surface area is 92.9 Å². The highest BCUT2D eigenvalue weighted by Gasteiger charge is 2.02. The number of hydrogen-bond donors (Lipinski definition) is 1. The van der Waals surface area contributed by atoms with Crippen LogP contribution in [0.15, 0.2) is 35.4 Å². The maximum atomic E-state index is 11.2. The number of nitrogens with one attached hydrogen (secondary N) is 1. The van der Waals surface area contributed by atoms with E-state index in [9.17, 15) is 4.79 Å². The van der Waals surface area contributed by atoms with E-state index in [2.05, 4.69) is 9.97 Å². The molecule has 0 aromatic carbocycles. The van der Waals surface area contributed by atoms with Gasteiger partial charge in [-0.3, -0.25) is 4.79 Å². The Kier molecular flexibility index (Phi) is 2.72. The molecule has 0 aliphatic rings. The van der Waals surface area contributed by atoms with Gasteiger partial charge in [-0.15, -0.1) is 0 Å². The highest BCUT2D eigenvalue weighted by molar-refractivity contribution is 5.63. The Morgan fingerprint density at radius 2 is 2.12 bits per heavy atom. The van der Waals surface area contributed by atoms with Crippen LogP contribution in [0.3, 0.4) is 0 Å². The van der Waals surface area contributed by atoms with Crippen LogP contribution in [0, 0.1) is 6.92 Å². The minimum Gasteiger partial charge on any atom is -0.481 e. The van der Waals surface area contributed by atoms with Crippen molar-refractivity contribution < 1.29 is 4.74 Å². The summed E-state index contributed by atoms with van der Waals surface area (Å²) in [4.78, 5) is 17.9. The molecule has 4 nitrogen and oxygen atoms in total. The van der Waals surface area contributed by atoms with Crippen molar-refractivity contribution in [2.45, 2.75) is 6.92 Å². The summed E-state index contributed by atoms with van der Waals surface area (Å²) >= 11 is 0. The minimum atomic E-state index is -0.0650. The molecule has 0 aliphatic heterocycles. The van der Waals surface area contributed by atoms with Gasteiger partial charge in [0.1, 0.15) is 0 Å². The highest BCUT2D eigenvalue weighted by Crippen LogP contribution is 2.20. The summed E-state index contributed by atoms with van der Waals surface area (Å²) in [6.45, 7) is 1.78. The molecule has 2 aromatic heterocycles. The first-order valence-electron chi connectivity index (χ1n) is 4.90. The van der Waals surface area contributed by atoms with Gasteiger partial charge in [0.2, 0.25) is 5.88 Å². The molecule has 2 rings (SSSR count). The molecule has 0 bridgehead atoms. The van der Waals surface area contributed by atoms with Crippen molar-refractivity contribution in [1.82, 2.24) is 9.97 Å². The van der Waals surface area contributed by atoms with Crippen LogP contribution in [0.4, 0.5) is 0 Å². The molecule has 0 amide bonds. The zero-order valence-electron chi connectivity index (χ0n) is 9.15. The van der Waals surface area contributed by atoms with E-state index in [1.165, 1.54) is 0 Å². The molecule has 0 saturated heterocycles. The molecule has 0 aliphatic carbocycles. The maximum absolute atomic E-state index is 11.2. The molecule has 0 atom stereocenters. The van der Waals surface area contributed by atoms with Crippen molar-refractivity contribution in [3.8, 4) is 17.0 Å². The number of aromatic amines is 1. The molecule has 0 fully saturated rings. The van der Waals surface area contributed by atoms with Crippen LogP contribution in [-0.4, -0.2) is 17.1 Å². The third-order valence-electron chi connectivity index (χ3n) is 2.37. The van der Waals surface area contributed by atoms with Gasteiger partial charge in [0.25, 0.3) is 5.56 Å². The smallest absolute Gasteiger partial charge is 0.250 e. The van der Waals surface area contributed by atoms with Gasteiger partial charge in [-0.05, 0) is 30.2 Å². The quantitative estimate of drug-likeness (QED) is 0.832. The lowest BCUT2D eigenvalue weighted by atomic mass is 10.1. The van der Waals surface area contributed by atoms with Crippen molar-refractivity contribution in [2.75, 3.05) is 7.11 Å². The molecule has 0 unspecified atom stereocenters. The Balaban J connectivity index is 2.50. The Bertz CT molecular complexity index is 561.